The van der Waals surface area contributed by atoms with E-state index in [9.17, 15) is 0 Å². The van der Waals surface area contributed by atoms with Crippen LogP contribution in [0.2, 0.25) is 0 Å². The van der Waals surface area contributed by atoms with Crippen molar-refractivity contribution in [3.8, 4) is 6.01 Å². The molecule has 108 valence electrons. The van der Waals surface area contributed by atoms with Crippen molar-refractivity contribution in [2.45, 2.75) is 20.4 Å². The second kappa shape index (κ2) is 6.69. The van der Waals surface area contributed by atoms with Crippen LogP contribution in [0.5, 0.6) is 6.01 Å². The number of nitrogens with zero attached hydrogens (tertiary/aromatic N) is 5. The Bertz CT molecular complexity index is 554. The minimum absolute atomic E-state index is 0.286. The zero-order valence-corrected chi connectivity index (χ0v) is 11.9. The van der Waals surface area contributed by atoms with Crippen LogP contribution in [-0.2, 0) is 6.54 Å². The Morgan fingerprint density at radius 2 is 1.95 bits per heavy atom. The highest BCUT2D eigenvalue weighted by molar-refractivity contribution is 5.35. The molecule has 0 saturated heterocycles. The summed E-state index contributed by atoms with van der Waals surface area (Å²) >= 11 is 0. The summed E-state index contributed by atoms with van der Waals surface area (Å²) in [5, 5.41) is 10.4. The van der Waals surface area contributed by atoms with E-state index in [4.69, 9.17) is 4.74 Å². The van der Waals surface area contributed by atoms with Crippen molar-refractivity contribution in [2.75, 3.05) is 30.8 Å². The van der Waals surface area contributed by atoms with Crippen LogP contribution in [0.4, 0.5) is 11.9 Å². The van der Waals surface area contributed by atoms with Gasteiger partial charge >= 0.3 is 6.01 Å². The summed E-state index contributed by atoms with van der Waals surface area (Å²) in [4.78, 5) is 12.5. The Hall–Kier alpha value is -2.38. The third-order valence-electron chi connectivity index (χ3n) is 2.52. The van der Waals surface area contributed by atoms with Gasteiger partial charge in [-0.15, -0.1) is 0 Å². The first-order valence-corrected chi connectivity index (χ1v) is 6.48. The molecule has 0 atom stereocenters. The van der Waals surface area contributed by atoms with Crippen LogP contribution in [0.25, 0.3) is 0 Å². The number of anilines is 2. The van der Waals surface area contributed by atoms with Crippen molar-refractivity contribution in [1.29, 1.82) is 0 Å². The van der Waals surface area contributed by atoms with Crippen molar-refractivity contribution in [1.82, 2.24) is 24.7 Å². The number of ether oxygens (including phenoxy) is 1. The third-order valence-corrected chi connectivity index (χ3v) is 2.52. The molecule has 0 aliphatic carbocycles. The van der Waals surface area contributed by atoms with Crippen LogP contribution >= 0.6 is 0 Å². The molecule has 8 nitrogen and oxygen atoms in total. The van der Waals surface area contributed by atoms with Gasteiger partial charge in [0, 0.05) is 19.3 Å². The fraction of sp³-hybridized carbons (Fsp3) is 0.500. The number of hydrogen-bond donors (Lipinski definition) is 2. The maximum absolute atomic E-state index is 5.05. The molecular formula is C12H19N7O. The number of aromatic nitrogens is 5. The van der Waals surface area contributed by atoms with Gasteiger partial charge in [-0.05, 0) is 19.4 Å². The lowest BCUT2D eigenvalue weighted by molar-refractivity contribution is 0.379. The molecule has 2 N–H and O–H groups in total. The summed E-state index contributed by atoms with van der Waals surface area (Å²) in [5.41, 5.74) is 1.14. The molecule has 0 radical (unpaired) electrons. The summed E-state index contributed by atoms with van der Waals surface area (Å²) in [6.45, 7) is 6.12. The second-order valence-corrected chi connectivity index (χ2v) is 4.21. The molecule has 0 fully saturated rings. The molecule has 0 amide bonds. The molecule has 2 heterocycles. The maximum atomic E-state index is 5.05. The fourth-order valence-electron chi connectivity index (χ4n) is 1.64. The Morgan fingerprint density at radius 1 is 1.20 bits per heavy atom. The van der Waals surface area contributed by atoms with Crippen molar-refractivity contribution in [3.63, 3.8) is 0 Å². The molecule has 0 aliphatic heterocycles. The first-order chi connectivity index (χ1) is 9.71. The number of nitrogens with one attached hydrogen (secondary N) is 2. The highest BCUT2D eigenvalue weighted by Gasteiger charge is 2.05. The van der Waals surface area contributed by atoms with Crippen molar-refractivity contribution in [3.05, 3.63) is 18.0 Å². The predicted octanol–water partition coefficient (Wildman–Crippen LogP) is 0.929. The summed E-state index contributed by atoms with van der Waals surface area (Å²) in [7, 11) is 1.53. The summed E-state index contributed by atoms with van der Waals surface area (Å²) in [5.74, 6) is 0.980. The predicted molar refractivity (Wildman–Crippen MR) is 76.0 cm³/mol. The molecule has 8 heteroatoms. The lowest BCUT2D eigenvalue weighted by atomic mass is 10.4. The second-order valence-electron chi connectivity index (χ2n) is 4.21. The van der Waals surface area contributed by atoms with Gasteiger partial charge in [0.15, 0.2) is 0 Å². The normalized spacial score (nSPS) is 10.3. The number of aryl methyl sites for hydroxylation is 1. The Balaban J connectivity index is 1.95. The summed E-state index contributed by atoms with van der Waals surface area (Å²) in [6.07, 6.45) is 3.81. The van der Waals surface area contributed by atoms with Gasteiger partial charge in [-0.3, -0.25) is 4.68 Å². The highest BCUT2D eigenvalue weighted by Crippen LogP contribution is 2.10. The zero-order valence-electron chi connectivity index (χ0n) is 11.9. The summed E-state index contributed by atoms with van der Waals surface area (Å²) in [6, 6.07) is 0.286. The van der Waals surface area contributed by atoms with Crippen LogP contribution in [0.1, 0.15) is 12.5 Å². The number of methoxy groups -OCH3 is 1. The van der Waals surface area contributed by atoms with E-state index in [-0.39, 0.29) is 6.01 Å². The van der Waals surface area contributed by atoms with Gasteiger partial charge in [0.25, 0.3) is 0 Å². The molecule has 0 aromatic carbocycles. The monoisotopic (exact) mass is 277 g/mol. The van der Waals surface area contributed by atoms with Crippen LogP contribution in [-0.4, -0.2) is 44.9 Å². The van der Waals surface area contributed by atoms with E-state index in [1.807, 2.05) is 30.9 Å². The van der Waals surface area contributed by atoms with E-state index in [0.717, 1.165) is 18.7 Å². The molecule has 2 aromatic rings. The SMILES string of the molecule is CCNc1nc(NCCn2cc(C)cn2)nc(OC)n1. The molecule has 2 aromatic heterocycles. The minimum Gasteiger partial charge on any atom is -0.467 e. The Morgan fingerprint density at radius 3 is 2.55 bits per heavy atom. The molecule has 0 unspecified atom stereocenters. The third kappa shape index (κ3) is 3.81. The van der Waals surface area contributed by atoms with Crippen LogP contribution in [0.15, 0.2) is 12.4 Å². The number of hydrogen-bond acceptors (Lipinski definition) is 7. The molecule has 0 bridgehead atoms. The molecule has 0 aliphatic rings. The molecule has 2 rings (SSSR count). The molecule has 0 spiro atoms. The van der Waals surface area contributed by atoms with E-state index in [1.54, 1.807) is 0 Å². The van der Waals surface area contributed by atoms with E-state index in [0.29, 0.717) is 18.4 Å². The van der Waals surface area contributed by atoms with Gasteiger partial charge in [-0.1, -0.05) is 0 Å². The van der Waals surface area contributed by atoms with Gasteiger partial charge in [0.05, 0.1) is 19.9 Å². The van der Waals surface area contributed by atoms with Gasteiger partial charge in [-0.2, -0.15) is 20.1 Å². The average molecular weight is 277 g/mol. The van der Waals surface area contributed by atoms with E-state index >= 15 is 0 Å². The Kier molecular flexibility index (Phi) is 4.70. The van der Waals surface area contributed by atoms with Crippen molar-refractivity contribution >= 4 is 11.9 Å². The van der Waals surface area contributed by atoms with E-state index in [1.165, 1.54) is 7.11 Å². The first-order valence-electron chi connectivity index (χ1n) is 6.48. The Labute approximate surface area is 117 Å². The number of rotatable bonds is 7. The van der Waals surface area contributed by atoms with E-state index < -0.39 is 0 Å². The maximum Gasteiger partial charge on any atom is 0.322 e. The standard InChI is InChI=1S/C12H19N7O/c1-4-13-10-16-11(18-12(17-10)20-3)14-5-6-19-8-9(2)7-15-19/h7-8H,4-6H2,1-3H3,(H2,13,14,16,17,18). The van der Waals surface area contributed by atoms with Crippen LogP contribution < -0.4 is 15.4 Å². The lowest BCUT2D eigenvalue weighted by Crippen LogP contribution is -2.14. The minimum atomic E-state index is 0.286. The highest BCUT2D eigenvalue weighted by atomic mass is 16.5. The van der Waals surface area contributed by atoms with Gasteiger partial charge < -0.3 is 15.4 Å². The smallest absolute Gasteiger partial charge is 0.322 e. The van der Waals surface area contributed by atoms with E-state index in [2.05, 4.69) is 30.7 Å². The van der Waals surface area contributed by atoms with Gasteiger partial charge in [-0.25, -0.2) is 0 Å². The molecule has 0 saturated carbocycles. The topological polar surface area (TPSA) is 89.8 Å². The average Bonchev–Trinajstić information content (AvgIpc) is 2.84. The quantitative estimate of drug-likeness (QED) is 0.778. The van der Waals surface area contributed by atoms with Crippen molar-refractivity contribution < 1.29 is 4.74 Å². The zero-order chi connectivity index (χ0) is 14.4. The first kappa shape index (κ1) is 14.0. The molecular weight excluding hydrogens is 258 g/mol. The van der Waals surface area contributed by atoms with Crippen molar-refractivity contribution in [2.24, 2.45) is 0 Å². The lowest BCUT2D eigenvalue weighted by Gasteiger charge is -2.08. The molecule has 20 heavy (non-hydrogen) atoms. The summed E-state index contributed by atoms with van der Waals surface area (Å²) < 4.78 is 6.92. The fourth-order valence-corrected chi connectivity index (χ4v) is 1.64. The van der Waals surface area contributed by atoms with Crippen LogP contribution in [0, 0.1) is 6.92 Å². The van der Waals surface area contributed by atoms with Gasteiger partial charge in [0.1, 0.15) is 0 Å². The van der Waals surface area contributed by atoms with Crippen LogP contribution in [0.3, 0.4) is 0 Å². The largest absolute Gasteiger partial charge is 0.467 e. The van der Waals surface area contributed by atoms with Gasteiger partial charge in [0.2, 0.25) is 11.9 Å².